The van der Waals surface area contributed by atoms with Crippen LogP contribution >= 0.6 is 23.4 Å². The lowest BCUT2D eigenvalue weighted by Gasteiger charge is -2.17. The van der Waals surface area contributed by atoms with Crippen molar-refractivity contribution in [3.05, 3.63) is 28.3 Å². The van der Waals surface area contributed by atoms with Gasteiger partial charge in [0.25, 0.3) is 0 Å². The molecule has 0 saturated carbocycles. The molecular formula is C13H20ClNO2S. The number of halogens is 1. The standard InChI is InChI=1S/C13H20ClNO2S/c1-9-5-11(14)6-10(13(9)17)7-15-12(3-4-16)8-18-2/h5-6,12,15-17H,3-4,7-8H2,1-2H3. The van der Waals surface area contributed by atoms with E-state index < -0.39 is 0 Å². The summed E-state index contributed by atoms with van der Waals surface area (Å²) in [4.78, 5) is 0. The van der Waals surface area contributed by atoms with Crippen LogP contribution in [0.1, 0.15) is 17.5 Å². The molecule has 0 fully saturated rings. The van der Waals surface area contributed by atoms with Crippen molar-refractivity contribution in [3.63, 3.8) is 0 Å². The molecule has 3 N–H and O–H groups in total. The van der Waals surface area contributed by atoms with E-state index in [4.69, 9.17) is 16.7 Å². The molecule has 0 bridgehead atoms. The topological polar surface area (TPSA) is 52.5 Å². The fourth-order valence-corrected chi connectivity index (χ4v) is 2.78. The molecule has 1 aromatic carbocycles. The van der Waals surface area contributed by atoms with Crippen molar-refractivity contribution < 1.29 is 10.2 Å². The first-order valence-electron chi connectivity index (χ1n) is 5.89. The van der Waals surface area contributed by atoms with Crippen molar-refractivity contribution in [2.75, 3.05) is 18.6 Å². The number of hydrogen-bond acceptors (Lipinski definition) is 4. The summed E-state index contributed by atoms with van der Waals surface area (Å²) >= 11 is 7.71. The Labute approximate surface area is 118 Å². The van der Waals surface area contributed by atoms with Gasteiger partial charge in [-0.25, -0.2) is 0 Å². The number of nitrogens with one attached hydrogen (secondary N) is 1. The Kier molecular flexibility index (Phi) is 6.86. The molecule has 1 aromatic rings. The highest BCUT2D eigenvalue weighted by Gasteiger charge is 2.10. The Bertz CT molecular complexity index is 381. The largest absolute Gasteiger partial charge is 0.507 e. The van der Waals surface area contributed by atoms with Gasteiger partial charge in [0.1, 0.15) is 5.75 Å². The summed E-state index contributed by atoms with van der Waals surface area (Å²) in [6, 6.07) is 3.75. The van der Waals surface area contributed by atoms with Gasteiger partial charge in [0.05, 0.1) is 0 Å². The number of benzene rings is 1. The van der Waals surface area contributed by atoms with Crippen LogP contribution in [-0.4, -0.2) is 34.9 Å². The molecule has 1 atom stereocenters. The molecule has 0 aliphatic carbocycles. The zero-order valence-corrected chi connectivity index (χ0v) is 12.3. The Morgan fingerprint density at radius 1 is 1.44 bits per heavy atom. The van der Waals surface area contributed by atoms with Crippen LogP contribution in [0.25, 0.3) is 0 Å². The highest BCUT2D eigenvalue weighted by Crippen LogP contribution is 2.26. The number of thioether (sulfide) groups is 1. The summed E-state index contributed by atoms with van der Waals surface area (Å²) in [6.45, 7) is 2.55. The van der Waals surface area contributed by atoms with E-state index in [2.05, 4.69) is 5.32 Å². The van der Waals surface area contributed by atoms with Crippen LogP contribution < -0.4 is 5.32 Å². The molecule has 5 heteroatoms. The van der Waals surface area contributed by atoms with E-state index in [-0.39, 0.29) is 12.6 Å². The second-order valence-corrected chi connectivity index (χ2v) is 5.62. The maximum atomic E-state index is 9.94. The SMILES string of the molecule is CSCC(CCO)NCc1cc(Cl)cc(C)c1O. The van der Waals surface area contributed by atoms with Crippen molar-refractivity contribution in [1.29, 1.82) is 0 Å². The van der Waals surface area contributed by atoms with Crippen LogP contribution in [0.3, 0.4) is 0 Å². The van der Waals surface area contributed by atoms with Gasteiger partial charge in [0.15, 0.2) is 0 Å². The average molecular weight is 290 g/mol. The van der Waals surface area contributed by atoms with E-state index in [0.29, 0.717) is 23.7 Å². The predicted molar refractivity (Wildman–Crippen MR) is 78.6 cm³/mol. The second-order valence-electron chi connectivity index (χ2n) is 4.28. The highest BCUT2D eigenvalue weighted by atomic mass is 35.5. The number of aryl methyl sites for hydroxylation is 1. The quantitative estimate of drug-likeness (QED) is 0.722. The fourth-order valence-electron chi connectivity index (χ4n) is 1.80. The monoisotopic (exact) mass is 289 g/mol. The molecule has 0 aliphatic heterocycles. The van der Waals surface area contributed by atoms with E-state index in [9.17, 15) is 5.11 Å². The molecule has 102 valence electrons. The van der Waals surface area contributed by atoms with Gasteiger partial charge in [-0.3, -0.25) is 0 Å². The van der Waals surface area contributed by atoms with Crippen LogP contribution in [0, 0.1) is 6.92 Å². The zero-order chi connectivity index (χ0) is 13.5. The number of phenolic OH excluding ortho intramolecular Hbond substituents is 1. The van der Waals surface area contributed by atoms with E-state index in [1.165, 1.54) is 0 Å². The third-order valence-corrected chi connectivity index (χ3v) is 3.72. The minimum atomic E-state index is 0.165. The summed E-state index contributed by atoms with van der Waals surface area (Å²) in [7, 11) is 0. The lowest BCUT2D eigenvalue weighted by molar-refractivity contribution is 0.269. The van der Waals surface area contributed by atoms with Crippen molar-refractivity contribution >= 4 is 23.4 Å². The van der Waals surface area contributed by atoms with Gasteiger partial charge >= 0.3 is 0 Å². The van der Waals surface area contributed by atoms with Crippen LogP contribution in [0.2, 0.25) is 5.02 Å². The lowest BCUT2D eigenvalue weighted by atomic mass is 10.1. The van der Waals surface area contributed by atoms with E-state index in [1.807, 2.05) is 13.2 Å². The Hall–Kier alpha value is -0.420. The molecule has 1 unspecified atom stereocenters. The zero-order valence-electron chi connectivity index (χ0n) is 10.7. The molecule has 0 spiro atoms. The minimum absolute atomic E-state index is 0.165. The van der Waals surface area contributed by atoms with E-state index in [0.717, 1.165) is 16.9 Å². The first kappa shape index (κ1) is 15.6. The smallest absolute Gasteiger partial charge is 0.123 e. The van der Waals surface area contributed by atoms with Crippen LogP contribution in [0.15, 0.2) is 12.1 Å². The second kappa shape index (κ2) is 7.89. The summed E-state index contributed by atoms with van der Waals surface area (Å²) in [5.74, 6) is 1.22. The van der Waals surface area contributed by atoms with Crippen LogP contribution in [0.5, 0.6) is 5.75 Å². The minimum Gasteiger partial charge on any atom is -0.507 e. The molecule has 3 nitrogen and oxygen atoms in total. The molecule has 0 radical (unpaired) electrons. The molecule has 1 rings (SSSR count). The summed E-state index contributed by atoms with van der Waals surface area (Å²) < 4.78 is 0. The van der Waals surface area contributed by atoms with Gasteiger partial charge in [0.2, 0.25) is 0 Å². The summed E-state index contributed by atoms with van der Waals surface area (Å²) in [6.07, 6.45) is 2.74. The third kappa shape index (κ3) is 4.69. The number of aromatic hydroxyl groups is 1. The number of hydrogen-bond donors (Lipinski definition) is 3. The Morgan fingerprint density at radius 3 is 2.78 bits per heavy atom. The Morgan fingerprint density at radius 2 is 2.17 bits per heavy atom. The van der Waals surface area contributed by atoms with Gasteiger partial charge in [-0.1, -0.05) is 11.6 Å². The molecule has 0 aromatic heterocycles. The van der Waals surface area contributed by atoms with Crippen LogP contribution in [-0.2, 0) is 6.54 Å². The summed E-state index contributed by atoms with van der Waals surface area (Å²) in [5.41, 5.74) is 1.58. The van der Waals surface area contributed by atoms with Crippen molar-refractivity contribution in [2.45, 2.75) is 25.9 Å². The molecule has 0 aliphatic rings. The average Bonchev–Trinajstić information content (AvgIpc) is 2.32. The van der Waals surface area contributed by atoms with Gasteiger partial charge < -0.3 is 15.5 Å². The van der Waals surface area contributed by atoms with E-state index in [1.54, 1.807) is 23.9 Å². The van der Waals surface area contributed by atoms with Gasteiger partial charge in [-0.15, -0.1) is 0 Å². The van der Waals surface area contributed by atoms with Gasteiger partial charge in [0, 0.05) is 35.5 Å². The highest BCUT2D eigenvalue weighted by molar-refractivity contribution is 7.98. The van der Waals surface area contributed by atoms with Crippen LogP contribution in [0.4, 0.5) is 0 Å². The van der Waals surface area contributed by atoms with Gasteiger partial charge in [-0.05, 0) is 37.3 Å². The molecule has 0 amide bonds. The number of rotatable bonds is 7. The summed E-state index contributed by atoms with van der Waals surface area (Å²) in [5, 5.41) is 22.9. The third-order valence-electron chi connectivity index (χ3n) is 2.77. The fraction of sp³-hybridized carbons (Fsp3) is 0.538. The normalized spacial score (nSPS) is 12.7. The molecule has 0 heterocycles. The number of aliphatic hydroxyl groups is 1. The molecule has 0 saturated heterocycles. The van der Waals surface area contributed by atoms with Crippen molar-refractivity contribution in [2.24, 2.45) is 0 Å². The van der Waals surface area contributed by atoms with Crippen molar-refractivity contribution in [1.82, 2.24) is 5.32 Å². The number of aliphatic hydroxyl groups excluding tert-OH is 1. The maximum Gasteiger partial charge on any atom is 0.123 e. The molecule has 18 heavy (non-hydrogen) atoms. The Balaban J connectivity index is 2.66. The molecular weight excluding hydrogens is 270 g/mol. The van der Waals surface area contributed by atoms with Crippen molar-refractivity contribution in [3.8, 4) is 5.75 Å². The first-order chi connectivity index (χ1) is 8.58. The predicted octanol–water partition coefficient (Wildman–Crippen LogP) is 2.56. The van der Waals surface area contributed by atoms with E-state index >= 15 is 0 Å². The lowest BCUT2D eigenvalue weighted by Crippen LogP contribution is -2.31. The number of phenols is 1. The maximum absolute atomic E-state index is 9.94. The first-order valence-corrected chi connectivity index (χ1v) is 7.66. The van der Waals surface area contributed by atoms with Gasteiger partial charge in [-0.2, -0.15) is 11.8 Å².